The van der Waals surface area contributed by atoms with Gasteiger partial charge in [-0.2, -0.15) is 0 Å². The van der Waals surface area contributed by atoms with Gasteiger partial charge in [-0.05, 0) is 65.2 Å². The highest BCUT2D eigenvalue weighted by atomic mass is 16.6. The largest absolute Gasteiger partial charge is 0.444 e. The van der Waals surface area contributed by atoms with Gasteiger partial charge in [0.2, 0.25) is 17.7 Å². The average molecular weight is 529 g/mol. The molecule has 0 fully saturated rings. The first-order chi connectivity index (χ1) is 17.7. The normalized spacial score (nSPS) is 13.0. The first-order valence-corrected chi connectivity index (χ1v) is 13.1. The number of carbonyl (C=O) groups is 4. The van der Waals surface area contributed by atoms with Gasteiger partial charge in [0.25, 0.3) is 0 Å². The number of benzene rings is 1. The lowest BCUT2D eigenvalue weighted by atomic mass is 9.91. The maximum absolute atomic E-state index is 14.1. The van der Waals surface area contributed by atoms with Crippen LogP contribution in [0.2, 0.25) is 0 Å². The molecule has 9 nitrogen and oxygen atoms in total. The molecule has 0 aromatic heterocycles. The van der Waals surface area contributed by atoms with Crippen LogP contribution in [0.15, 0.2) is 24.3 Å². The van der Waals surface area contributed by atoms with Crippen LogP contribution in [0, 0.1) is 12.3 Å². The molecule has 0 heterocycles. The number of hydrogen-bond donors (Lipinski definition) is 3. The molecule has 4 amide bonds. The highest BCUT2D eigenvalue weighted by molar-refractivity contribution is 5.95. The van der Waals surface area contributed by atoms with E-state index in [0.717, 1.165) is 19.3 Å². The molecule has 9 heteroatoms. The summed E-state index contributed by atoms with van der Waals surface area (Å²) >= 11 is 0. The van der Waals surface area contributed by atoms with Crippen molar-refractivity contribution in [3.63, 3.8) is 0 Å². The van der Waals surface area contributed by atoms with Crippen molar-refractivity contribution < 1.29 is 23.9 Å². The molecule has 0 aliphatic heterocycles. The fourth-order valence-electron chi connectivity index (χ4n) is 3.83. The zero-order valence-electron chi connectivity index (χ0n) is 23.8. The Morgan fingerprint density at radius 3 is 2.13 bits per heavy atom. The number of alkyl carbamates (subject to hydrolysis) is 1. The van der Waals surface area contributed by atoms with E-state index in [2.05, 4.69) is 23.5 Å². The summed E-state index contributed by atoms with van der Waals surface area (Å²) in [5, 5.41) is 5.44. The number of nitrogens with one attached hydrogen (secondary N) is 2. The summed E-state index contributed by atoms with van der Waals surface area (Å²) in [4.78, 5) is 53.8. The molecule has 0 saturated heterocycles. The topological polar surface area (TPSA) is 131 Å². The van der Waals surface area contributed by atoms with Crippen LogP contribution in [0.25, 0.3) is 0 Å². The number of ether oxygens (including phenoxy) is 1. The SMILES string of the molecule is C#Cc1ccc(C(C(=O)NCCCCC)N(C(=O)C(CC(N)=O)NC(=O)OC(C)(C)C)C(C)(C)CC)cc1. The van der Waals surface area contributed by atoms with E-state index in [4.69, 9.17) is 16.9 Å². The van der Waals surface area contributed by atoms with Crippen LogP contribution < -0.4 is 16.4 Å². The molecular formula is C29H44N4O5. The molecule has 4 N–H and O–H groups in total. The smallest absolute Gasteiger partial charge is 0.408 e. The summed E-state index contributed by atoms with van der Waals surface area (Å²) in [6.07, 6.45) is 7.40. The Morgan fingerprint density at radius 1 is 1.05 bits per heavy atom. The lowest BCUT2D eigenvalue weighted by Gasteiger charge is -2.44. The number of nitrogens with zero attached hydrogens (tertiary/aromatic N) is 1. The summed E-state index contributed by atoms with van der Waals surface area (Å²) < 4.78 is 5.31. The van der Waals surface area contributed by atoms with Crippen molar-refractivity contribution in [2.75, 3.05) is 6.54 Å². The van der Waals surface area contributed by atoms with Crippen molar-refractivity contribution >= 4 is 23.8 Å². The third-order valence-electron chi connectivity index (χ3n) is 6.13. The van der Waals surface area contributed by atoms with Gasteiger partial charge < -0.3 is 26.0 Å². The summed E-state index contributed by atoms with van der Waals surface area (Å²) in [5.41, 5.74) is 4.94. The van der Waals surface area contributed by atoms with E-state index >= 15 is 0 Å². The van der Waals surface area contributed by atoms with Gasteiger partial charge in [-0.1, -0.05) is 44.7 Å². The van der Waals surface area contributed by atoms with Gasteiger partial charge in [-0.3, -0.25) is 14.4 Å². The molecule has 0 spiro atoms. The van der Waals surface area contributed by atoms with Crippen LogP contribution in [0.4, 0.5) is 4.79 Å². The number of primary amides is 1. The van der Waals surface area contributed by atoms with E-state index in [1.807, 2.05) is 20.8 Å². The van der Waals surface area contributed by atoms with Crippen LogP contribution >= 0.6 is 0 Å². The molecule has 2 atom stereocenters. The first kappa shape index (κ1) is 32.5. The third-order valence-corrected chi connectivity index (χ3v) is 6.13. The molecule has 1 aromatic rings. The molecule has 210 valence electrons. The number of unbranched alkanes of at least 4 members (excludes halogenated alkanes) is 2. The maximum atomic E-state index is 14.1. The minimum atomic E-state index is -1.34. The molecule has 0 radical (unpaired) electrons. The van der Waals surface area contributed by atoms with E-state index in [1.165, 1.54) is 4.90 Å². The Hall–Kier alpha value is -3.54. The van der Waals surface area contributed by atoms with E-state index in [-0.39, 0.29) is 5.91 Å². The van der Waals surface area contributed by atoms with Crippen LogP contribution in [-0.4, -0.2) is 52.4 Å². The first-order valence-electron chi connectivity index (χ1n) is 13.1. The lowest BCUT2D eigenvalue weighted by Crippen LogP contribution is -2.60. The highest BCUT2D eigenvalue weighted by Crippen LogP contribution is 2.32. The van der Waals surface area contributed by atoms with Crippen molar-refractivity contribution in [1.29, 1.82) is 0 Å². The Kier molecular flexibility index (Phi) is 12.3. The number of amides is 4. The van der Waals surface area contributed by atoms with E-state index in [1.54, 1.807) is 45.0 Å². The van der Waals surface area contributed by atoms with Crippen molar-refractivity contribution in [2.24, 2.45) is 5.73 Å². The predicted octanol–water partition coefficient (Wildman–Crippen LogP) is 3.80. The third kappa shape index (κ3) is 10.1. The fourth-order valence-corrected chi connectivity index (χ4v) is 3.83. The molecule has 1 rings (SSSR count). The van der Waals surface area contributed by atoms with Crippen molar-refractivity contribution in [1.82, 2.24) is 15.5 Å². The summed E-state index contributed by atoms with van der Waals surface area (Å²) in [6, 6.07) is 4.43. The van der Waals surface area contributed by atoms with Crippen molar-refractivity contribution in [3.05, 3.63) is 35.4 Å². The van der Waals surface area contributed by atoms with Gasteiger partial charge in [0.1, 0.15) is 17.7 Å². The molecule has 1 aromatic carbocycles. The standard InChI is InChI=1S/C29H44N4O5/c1-9-12-13-18-31-25(35)24(21-16-14-20(10-2)15-17-21)33(29(7,8)11-3)26(36)22(19-23(30)34)32-27(37)38-28(4,5)6/h2,14-17,22,24H,9,11-13,18-19H2,1,3-8H3,(H2,30,34)(H,31,35)(H,32,37). The second-order valence-corrected chi connectivity index (χ2v) is 10.9. The molecular weight excluding hydrogens is 484 g/mol. The Morgan fingerprint density at radius 2 is 1.66 bits per heavy atom. The molecule has 0 aliphatic carbocycles. The average Bonchev–Trinajstić information content (AvgIpc) is 2.82. The zero-order valence-corrected chi connectivity index (χ0v) is 23.8. The highest BCUT2D eigenvalue weighted by Gasteiger charge is 2.43. The molecule has 2 unspecified atom stereocenters. The predicted molar refractivity (Wildman–Crippen MR) is 148 cm³/mol. The minimum absolute atomic E-state index is 0.375. The second-order valence-electron chi connectivity index (χ2n) is 10.9. The zero-order chi connectivity index (χ0) is 29.1. The Bertz CT molecular complexity index is 1010. The Balaban J connectivity index is 3.60. The summed E-state index contributed by atoms with van der Waals surface area (Å²) in [6.45, 7) is 13.1. The number of carbonyl (C=O) groups excluding carboxylic acids is 4. The molecule has 38 heavy (non-hydrogen) atoms. The monoisotopic (exact) mass is 528 g/mol. The van der Waals surface area contributed by atoms with Gasteiger partial charge in [-0.25, -0.2) is 4.79 Å². The summed E-state index contributed by atoms with van der Waals surface area (Å²) in [5.74, 6) is 0.762. The van der Waals surface area contributed by atoms with Crippen molar-refractivity contribution in [2.45, 2.75) is 104 Å². The van der Waals surface area contributed by atoms with Crippen molar-refractivity contribution in [3.8, 4) is 12.3 Å². The van der Waals surface area contributed by atoms with E-state index < -0.39 is 47.6 Å². The Labute approximate surface area is 227 Å². The van der Waals surface area contributed by atoms with Crippen LogP contribution in [0.1, 0.15) is 97.7 Å². The fraction of sp³-hybridized carbons (Fsp3) is 0.586. The number of rotatable bonds is 13. The van der Waals surface area contributed by atoms with Crippen LogP contribution in [-0.2, 0) is 19.1 Å². The van der Waals surface area contributed by atoms with Crippen LogP contribution in [0.5, 0.6) is 0 Å². The molecule has 0 saturated carbocycles. The van der Waals surface area contributed by atoms with Gasteiger partial charge in [0.15, 0.2) is 0 Å². The second kappa shape index (κ2) is 14.4. The van der Waals surface area contributed by atoms with Gasteiger partial charge in [0, 0.05) is 17.6 Å². The van der Waals surface area contributed by atoms with Crippen LogP contribution in [0.3, 0.4) is 0 Å². The quantitative estimate of drug-likeness (QED) is 0.265. The van der Waals surface area contributed by atoms with Gasteiger partial charge >= 0.3 is 6.09 Å². The van der Waals surface area contributed by atoms with E-state index in [9.17, 15) is 19.2 Å². The molecule has 0 aliphatic rings. The molecule has 0 bridgehead atoms. The van der Waals surface area contributed by atoms with Gasteiger partial charge in [0.05, 0.1) is 6.42 Å². The number of terminal acetylenes is 1. The van der Waals surface area contributed by atoms with E-state index in [0.29, 0.717) is 24.1 Å². The number of nitrogens with two attached hydrogens (primary N) is 1. The number of hydrogen-bond acceptors (Lipinski definition) is 5. The lowest BCUT2D eigenvalue weighted by molar-refractivity contribution is -0.150. The summed E-state index contributed by atoms with van der Waals surface area (Å²) in [7, 11) is 0. The minimum Gasteiger partial charge on any atom is -0.444 e. The maximum Gasteiger partial charge on any atom is 0.408 e. The van der Waals surface area contributed by atoms with Gasteiger partial charge in [-0.15, -0.1) is 6.42 Å².